The molecule has 0 saturated carbocycles. The van der Waals surface area contributed by atoms with Gasteiger partial charge in [0.05, 0.1) is 22.3 Å². The molecule has 0 unspecified atom stereocenters. The Kier molecular flexibility index (Phi) is 4.84. The summed E-state index contributed by atoms with van der Waals surface area (Å²) in [5, 5.41) is 1.28. The van der Waals surface area contributed by atoms with Crippen molar-refractivity contribution in [3.63, 3.8) is 0 Å². The number of hydrogen-bond donors (Lipinski definition) is 2. The maximum absolute atomic E-state index is 12.9. The van der Waals surface area contributed by atoms with Crippen molar-refractivity contribution in [3.05, 3.63) is 63.9 Å². The number of aromatic nitrogens is 2. The van der Waals surface area contributed by atoms with E-state index < -0.39 is 0 Å². The van der Waals surface area contributed by atoms with Crippen LogP contribution in [0.5, 0.6) is 0 Å². The minimum Gasteiger partial charge on any atom is -0.294 e. The number of fused-ring (bicyclic) bond motifs is 1. The molecule has 1 aromatic heterocycles. The molecular weight excluding hydrogens is 348 g/mol. The van der Waals surface area contributed by atoms with Gasteiger partial charge in [0.1, 0.15) is 0 Å². The monoisotopic (exact) mass is 360 g/mol. The quantitative estimate of drug-likeness (QED) is 0.244. The predicted octanol–water partition coefficient (Wildman–Crippen LogP) is 2.12. The van der Waals surface area contributed by atoms with E-state index in [0.29, 0.717) is 26.8 Å². The van der Waals surface area contributed by atoms with Crippen molar-refractivity contribution >= 4 is 40.2 Å². The SMILES string of the molecule is NNC(=O)CSc1nc2ccc(Cl)cc2c(=O)n1-c1ccccc1. The maximum atomic E-state index is 12.9. The highest BCUT2D eigenvalue weighted by Gasteiger charge is 2.14. The minimum atomic E-state index is -0.356. The molecule has 0 fully saturated rings. The molecule has 3 N–H and O–H groups in total. The van der Waals surface area contributed by atoms with E-state index in [1.165, 1.54) is 4.57 Å². The summed E-state index contributed by atoms with van der Waals surface area (Å²) >= 11 is 7.14. The van der Waals surface area contributed by atoms with Crippen LogP contribution in [0.1, 0.15) is 0 Å². The number of nitrogens with zero attached hydrogens (tertiary/aromatic N) is 2. The van der Waals surface area contributed by atoms with Crippen LogP contribution < -0.4 is 16.8 Å². The van der Waals surface area contributed by atoms with E-state index in [1.807, 2.05) is 18.2 Å². The number of nitrogens with two attached hydrogens (primary N) is 1. The van der Waals surface area contributed by atoms with Gasteiger partial charge in [-0.3, -0.25) is 19.6 Å². The van der Waals surface area contributed by atoms with Crippen LogP contribution in [0.4, 0.5) is 0 Å². The first kappa shape index (κ1) is 16.5. The summed E-state index contributed by atoms with van der Waals surface area (Å²) in [5.41, 5.74) is 3.00. The number of thioether (sulfide) groups is 1. The molecule has 1 amide bonds. The Morgan fingerprint density at radius 3 is 2.71 bits per heavy atom. The lowest BCUT2D eigenvalue weighted by atomic mass is 10.2. The Hall–Kier alpha value is -2.35. The highest BCUT2D eigenvalue weighted by Crippen LogP contribution is 2.22. The summed E-state index contributed by atoms with van der Waals surface area (Å²) < 4.78 is 1.47. The normalized spacial score (nSPS) is 10.8. The first-order valence-electron chi connectivity index (χ1n) is 7.00. The van der Waals surface area contributed by atoms with Crippen LogP contribution in [0.2, 0.25) is 5.02 Å². The molecule has 24 heavy (non-hydrogen) atoms. The fraction of sp³-hybridized carbons (Fsp3) is 0.0625. The zero-order chi connectivity index (χ0) is 17.1. The number of halogens is 1. The third kappa shape index (κ3) is 3.28. The summed E-state index contributed by atoms with van der Waals surface area (Å²) in [5.74, 6) is 4.80. The van der Waals surface area contributed by atoms with E-state index in [-0.39, 0.29) is 17.2 Å². The number of carbonyl (C=O) groups is 1. The first-order chi connectivity index (χ1) is 11.6. The molecule has 0 bridgehead atoms. The highest BCUT2D eigenvalue weighted by molar-refractivity contribution is 7.99. The van der Waals surface area contributed by atoms with Crippen molar-refractivity contribution in [1.82, 2.24) is 15.0 Å². The molecule has 1 heterocycles. The van der Waals surface area contributed by atoms with Gasteiger partial charge in [-0.2, -0.15) is 0 Å². The van der Waals surface area contributed by atoms with Gasteiger partial charge in [-0.05, 0) is 30.3 Å². The van der Waals surface area contributed by atoms with Gasteiger partial charge in [0.2, 0.25) is 5.91 Å². The van der Waals surface area contributed by atoms with E-state index in [9.17, 15) is 9.59 Å². The number of benzene rings is 2. The molecule has 6 nitrogen and oxygen atoms in total. The fourth-order valence-corrected chi connectivity index (χ4v) is 3.21. The number of nitrogens with one attached hydrogen (secondary N) is 1. The van der Waals surface area contributed by atoms with Crippen molar-refractivity contribution in [2.24, 2.45) is 5.84 Å². The van der Waals surface area contributed by atoms with Crippen LogP contribution in [0.15, 0.2) is 58.5 Å². The molecule has 0 aliphatic heterocycles. The molecular formula is C16H13ClN4O2S. The van der Waals surface area contributed by atoms with Crippen molar-refractivity contribution in [2.75, 3.05) is 5.75 Å². The van der Waals surface area contributed by atoms with Crippen molar-refractivity contribution in [2.45, 2.75) is 5.16 Å². The topological polar surface area (TPSA) is 90.0 Å². The number of rotatable bonds is 4. The van der Waals surface area contributed by atoms with Crippen LogP contribution in [-0.2, 0) is 4.79 Å². The van der Waals surface area contributed by atoms with Gasteiger partial charge >= 0.3 is 0 Å². The lowest BCUT2D eigenvalue weighted by Gasteiger charge is -2.13. The number of para-hydroxylation sites is 1. The largest absolute Gasteiger partial charge is 0.294 e. The Labute approximate surface area is 146 Å². The number of hydrazine groups is 1. The molecule has 0 spiro atoms. The molecule has 122 valence electrons. The molecule has 0 aliphatic carbocycles. The van der Waals surface area contributed by atoms with Gasteiger partial charge in [0, 0.05) is 5.02 Å². The van der Waals surface area contributed by atoms with Gasteiger partial charge in [0.25, 0.3) is 5.56 Å². The average molecular weight is 361 g/mol. The van der Waals surface area contributed by atoms with Crippen LogP contribution >= 0.6 is 23.4 Å². The average Bonchev–Trinajstić information content (AvgIpc) is 2.61. The van der Waals surface area contributed by atoms with Gasteiger partial charge in [-0.15, -0.1) is 0 Å². The van der Waals surface area contributed by atoms with Gasteiger partial charge < -0.3 is 0 Å². The first-order valence-corrected chi connectivity index (χ1v) is 8.36. The van der Waals surface area contributed by atoms with E-state index in [2.05, 4.69) is 10.4 Å². The third-order valence-corrected chi connectivity index (χ3v) is 4.48. The smallest absolute Gasteiger partial charge is 0.266 e. The van der Waals surface area contributed by atoms with Crippen LogP contribution in [0.25, 0.3) is 16.6 Å². The van der Waals surface area contributed by atoms with Gasteiger partial charge in [-0.1, -0.05) is 41.6 Å². The third-order valence-electron chi connectivity index (χ3n) is 3.31. The van der Waals surface area contributed by atoms with Crippen molar-refractivity contribution in [3.8, 4) is 5.69 Å². The summed E-state index contributed by atoms with van der Waals surface area (Å²) in [6.07, 6.45) is 0. The molecule has 3 rings (SSSR count). The Morgan fingerprint density at radius 2 is 2.00 bits per heavy atom. The van der Waals surface area contributed by atoms with E-state index in [0.717, 1.165) is 11.8 Å². The maximum Gasteiger partial charge on any atom is 0.266 e. The second kappa shape index (κ2) is 7.04. The lowest BCUT2D eigenvalue weighted by Crippen LogP contribution is -2.32. The van der Waals surface area contributed by atoms with Crippen molar-refractivity contribution < 1.29 is 4.79 Å². The second-order valence-corrected chi connectivity index (χ2v) is 6.27. The lowest BCUT2D eigenvalue weighted by molar-refractivity contribution is -0.118. The Morgan fingerprint density at radius 1 is 1.25 bits per heavy atom. The van der Waals surface area contributed by atoms with E-state index in [1.54, 1.807) is 30.3 Å². The Bertz CT molecular complexity index is 959. The summed E-state index contributed by atoms with van der Waals surface area (Å²) in [4.78, 5) is 28.9. The van der Waals surface area contributed by atoms with Crippen LogP contribution in [-0.4, -0.2) is 21.2 Å². The fourth-order valence-electron chi connectivity index (χ4n) is 2.21. The van der Waals surface area contributed by atoms with E-state index in [4.69, 9.17) is 17.4 Å². The van der Waals surface area contributed by atoms with Crippen LogP contribution in [0, 0.1) is 0 Å². The molecule has 0 atom stereocenters. The van der Waals surface area contributed by atoms with E-state index >= 15 is 0 Å². The number of hydrogen-bond acceptors (Lipinski definition) is 5. The van der Waals surface area contributed by atoms with Crippen molar-refractivity contribution in [1.29, 1.82) is 0 Å². The van der Waals surface area contributed by atoms with Crippen LogP contribution in [0.3, 0.4) is 0 Å². The minimum absolute atomic E-state index is 0.0505. The molecule has 0 aliphatic rings. The molecule has 0 saturated heterocycles. The zero-order valence-corrected chi connectivity index (χ0v) is 14.0. The summed E-state index contributed by atoms with van der Waals surface area (Å²) in [6.45, 7) is 0. The standard InChI is InChI=1S/C16H13ClN4O2S/c17-10-6-7-13-12(8-10)15(23)21(11-4-2-1-3-5-11)16(19-13)24-9-14(22)20-18/h1-8H,9,18H2,(H,20,22). The van der Waals surface area contributed by atoms with Gasteiger partial charge in [0.15, 0.2) is 5.16 Å². The molecule has 2 aromatic carbocycles. The second-order valence-electron chi connectivity index (χ2n) is 4.89. The zero-order valence-electron chi connectivity index (χ0n) is 12.4. The number of carbonyl (C=O) groups excluding carboxylic acids is 1. The number of amides is 1. The predicted molar refractivity (Wildman–Crippen MR) is 95.4 cm³/mol. The van der Waals surface area contributed by atoms with Gasteiger partial charge in [-0.25, -0.2) is 10.8 Å². The highest BCUT2D eigenvalue weighted by atomic mass is 35.5. The summed E-state index contributed by atoms with van der Waals surface area (Å²) in [7, 11) is 0. The summed E-state index contributed by atoms with van der Waals surface area (Å²) in [6, 6.07) is 14.0. The molecule has 3 aromatic rings. The Balaban J connectivity index is 2.22. The molecule has 8 heteroatoms. The molecule has 0 radical (unpaired) electrons.